The van der Waals surface area contributed by atoms with Crippen molar-refractivity contribution in [3.05, 3.63) is 34.3 Å². The highest BCUT2D eigenvalue weighted by Gasteiger charge is 2.25. The Balaban J connectivity index is 3.08. The number of hydrogen-bond donors (Lipinski definition) is 1. The van der Waals surface area contributed by atoms with E-state index < -0.39 is 0 Å². The molecule has 0 aliphatic carbocycles. The molecule has 1 N–H and O–H groups in total. The first-order valence-electron chi connectivity index (χ1n) is 5.43. The zero-order valence-electron chi connectivity index (χ0n) is 9.87. The number of halogens is 1. The highest BCUT2D eigenvalue weighted by Crippen LogP contribution is 2.31. The summed E-state index contributed by atoms with van der Waals surface area (Å²) in [5, 5.41) is 12.5. The van der Waals surface area contributed by atoms with Gasteiger partial charge in [-0.25, -0.2) is 0 Å². The summed E-state index contributed by atoms with van der Waals surface area (Å²) >= 11 is 3.53. The lowest BCUT2D eigenvalue weighted by atomic mass is 9.86. The molecule has 0 spiro atoms. The summed E-state index contributed by atoms with van der Waals surface area (Å²) in [5.41, 5.74) is 1.14. The number of benzene rings is 1. The molecule has 2 atom stereocenters. The van der Waals surface area contributed by atoms with Gasteiger partial charge in [0.25, 0.3) is 0 Å². The van der Waals surface area contributed by atoms with Gasteiger partial charge in [-0.2, -0.15) is 5.26 Å². The summed E-state index contributed by atoms with van der Waals surface area (Å²) in [6.45, 7) is 4.16. The molecule has 0 amide bonds. The molecule has 0 fully saturated rings. The second-order valence-electron chi connectivity index (χ2n) is 4.19. The molecule has 0 radical (unpaired) electrons. The second-order valence-corrected chi connectivity index (χ2v) is 5.04. The van der Waals surface area contributed by atoms with Gasteiger partial charge in [0.05, 0.1) is 12.0 Å². The molecule has 2 nitrogen and oxygen atoms in total. The van der Waals surface area contributed by atoms with Crippen LogP contribution in [0.3, 0.4) is 0 Å². The molecule has 2 unspecified atom stereocenters. The van der Waals surface area contributed by atoms with E-state index in [-0.39, 0.29) is 12.0 Å². The molecule has 86 valence electrons. The van der Waals surface area contributed by atoms with E-state index in [0.29, 0.717) is 5.92 Å². The van der Waals surface area contributed by atoms with Gasteiger partial charge in [0.15, 0.2) is 0 Å². The molecule has 1 aromatic carbocycles. The standard InChI is InChI=1S/C13H17BrN2/c1-9(2)11(8-15)13(16-3)10-6-4-5-7-12(10)14/h4-7,9,11,13,16H,1-3H3. The SMILES string of the molecule is CNC(c1ccccc1Br)C(C#N)C(C)C. The zero-order chi connectivity index (χ0) is 12.1. The summed E-state index contributed by atoms with van der Waals surface area (Å²) < 4.78 is 1.05. The van der Waals surface area contributed by atoms with Crippen LogP contribution in [0.4, 0.5) is 0 Å². The minimum Gasteiger partial charge on any atom is -0.312 e. The lowest BCUT2D eigenvalue weighted by molar-refractivity contribution is 0.362. The summed E-state index contributed by atoms with van der Waals surface area (Å²) in [4.78, 5) is 0. The Labute approximate surface area is 106 Å². The number of nitrogens with zero attached hydrogens (tertiary/aromatic N) is 1. The Morgan fingerprint density at radius 1 is 1.31 bits per heavy atom. The van der Waals surface area contributed by atoms with Crippen molar-refractivity contribution in [1.82, 2.24) is 5.32 Å². The normalized spacial score (nSPS) is 14.5. The summed E-state index contributed by atoms with van der Waals surface area (Å²) in [6, 6.07) is 10.5. The lowest BCUT2D eigenvalue weighted by Crippen LogP contribution is -2.28. The predicted octanol–water partition coefficient (Wildman–Crippen LogP) is 3.51. The molecular weight excluding hydrogens is 264 g/mol. The molecule has 0 aliphatic heterocycles. The van der Waals surface area contributed by atoms with Crippen molar-refractivity contribution in [2.24, 2.45) is 11.8 Å². The van der Waals surface area contributed by atoms with Crippen molar-refractivity contribution < 1.29 is 0 Å². The predicted molar refractivity (Wildman–Crippen MR) is 69.9 cm³/mol. The van der Waals surface area contributed by atoms with Crippen LogP contribution in [0, 0.1) is 23.2 Å². The van der Waals surface area contributed by atoms with Crippen molar-refractivity contribution in [3.8, 4) is 6.07 Å². The van der Waals surface area contributed by atoms with Gasteiger partial charge in [0.2, 0.25) is 0 Å². The minimum absolute atomic E-state index is 0.0244. The Bertz CT molecular complexity index is 382. The van der Waals surface area contributed by atoms with Crippen LogP contribution < -0.4 is 5.32 Å². The van der Waals surface area contributed by atoms with Gasteiger partial charge in [-0.3, -0.25) is 0 Å². The van der Waals surface area contributed by atoms with Crippen LogP contribution in [0.15, 0.2) is 28.7 Å². The second kappa shape index (κ2) is 6.03. The highest BCUT2D eigenvalue weighted by atomic mass is 79.9. The third kappa shape index (κ3) is 2.84. The fourth-order valence-electron chi connectivity index (χ4n) is 1.86. The first kappa shape index (κ1) is 13.2. The van der Waals surface area contributed by atoms with Gasteiger partial charge < -0.3 is 5.32 Å². The Morgan fingerprint density at radius 2 is 1.94 bits per heavy atom. The smallest absolute Gasteiger partial charge is 0.0681 e. The van der Waals surface area contributed by atoms with Gasteiger partial charge in [-0.15, -0.1) is 0 Å². The van der Waals surface area contributed by atoms with E-state index in [1.165, 1.54) is 0 Å². The Kier molecular flexibility index (Phi) is 4.98. The fraction of sp³-hybridized carbons (Fsp3) is 0.462. The maximum Gasteiger partial charge on any atom is 0.0681 e. The van der Waals surface area contributed by atoms with Crippen molar-refractivity contribution in [3.63, 3.8) is 0 Å². The molecule has 0 heterocycles. The molecule has 0 bridgehead atoms. The van der Waals surface area contributed by atoms with Gasteiger partial charge >= 0.3 is 0 Å². The molecule has 16 heavy (non-hydrogen) atoms. The van der Waals surface area contributed by atoms with Gasteiger partial charge in [0.1, 0.15) is 0 Å². The first-order valence-corrected chi connectivity index (χ1v) is 6.22. The van der Waals surface area contributed by atoms with Gasteiger partial charge in [-0.1, -0.05) is 48.0 Å². The van der Waals surface area contributed by atoms with E-state index >= 15 is 0 Å². The Morgan fingerprint density at radius 3 is 2.38 bits per heavy atom. The van der Waals surface area contributed by atoms with E-state index in [9.17, 15) is 5.26 Å². The third-order valence-corrected chi connectivity index (χ3v) is 3.50. The molecule has 1 rings (SSSR count). The third-order valence-electron chi connectivity index (χ3n) is 2.78. The molecule has 0 saturated carbocycles. The quantitative estimate of drug-likeness (QED) is 0.916. The fourth-order valence-corrected chi connectivity index (χ4v) is 2.40. The van der Waals surface area contributed by atoms with Crippen molar-refractivity contribution in [2.75, 3.05) is 7.05 Å². The molecule has 0 aliphatic rings. The van der Waals surface area contributed by atoms with Crippen LogP contribution >= 0.6 is 15.9 Å². The lowest BCUT2D eigenvalue weighted by Gasteiger charge is -2.25. The first-order chi connectivity index (χ1) is 7.61. The van der Waals surface area contributed by atoms with Crippen LogP contribution in [-0.4, -0.2) is 7.05 Å². The van der Waals surface area contributed by atoms with Crippen LogP contribution in [0.25, 0.3) is 0 Å². The number of hydrogen-bond acceptors (Lipinski definition) is 2. The van der Waals surface area contributed by atoms with Crippen molar-refractivity contribution >= 4 is 15.9 Å². The monoisotopic (exact) mass is 280 g/mol. The zero-order valence-corrected chi connectivity index (χ0v) is 11.5. The average Bonchev–Trinajstić information content (AvgIpc) is 2.26. The number of nitriles is 1. The molecule has 0 saturated heterocycles. The van der Waals surface area contributed by atoms with E-state index in [1.807, 2.05) is 25.2 Å². The van der Waals surface area contributed by atoms with E-state index in [1.54, 1.807) is 0 Å². The van der Waals surface area contributed by atoms with Gasteiger partial charge in [0, 0.05) is 10.5 Å². The van der Waals surface area contributed by atoms with Crippen molar-refractivity contribution in [1.29, 1.82) is 5.26 Å². The van der Waals surface area contributed by atoms with Crippen LogP contribution in [0.2, 0.25) is 0 Å². The Hall–Kier alpha value is -0.850. The van der Waals surface area contributed by atoms with E-state index in [0.717, 1.165) is 10.0 Å². The van der Waals surface area contributed by atoms with Crippen LogP contribution in [0.5, 0.6) is 0 Å². The molecule has 1 aromatic rings. The van der Waals surface area contributed by atoms with E-state index in [4.69, 9.17) is 0 Å². The number of rotatable bonds is 4. The minimum atomic E-state index is -0.0244. The molecular formula is C13H17BrN2. The molecule has 0 aromatic heterocycles. The van der Waals surface area contributed by atoms with Gasteiger partial charge in [-0.05, 0) is 24.6 Å². The van der Waals surface area contributed by atoms with E-state index in [2.05, 4.69) is 47.2 Å². The largest absolute Gasteiger partial charge is 0.312 e. The highest BCUT2D eigenvalue weighted by molar-refractivity contribution is 9.10. The molecule has 3 heteroatoms. The van der Waals surface area contributed by atoms with Crippen LogP contribution in [-0.2, 0) is 0 Å². The maximum absolute atomic E-state index is 9.24. The van der Waals surface area contributed by atoms with Crippen LogP contribution in [0.1, 0.15) is 25.5 Å². The maximum atomic E-state index is 9.24. The average molecular weight is 281 g/mol. The summed E-state index contributed by atoms with van der Waals surface area (Å²) in [6.07, 6.45) is 0. The summed E-state index contributed by atoms with van der Waals surface area (Å²) in [5.74, 6) is 0.304. The number of nitrogens with one attached hydrogen (secondary N) is 1. The topological polar surface area (TPSA) is 35.8 Å². The van der Waals surface area contributed by atoms with Crippen molar-refractivity contribution in [2.45, 2.75) is 19.9 Å². The summed E-state index contributed by atoms with van der Waals surface area (Å²) in [7, 11) is 1.90.